The Morgan fingerprint density at radius 3 is 2.69 bits per heavy atom. The maximum atomic E-state index is 5.87. The summed E-state index contributed by atoms with van der Waals surface area (Å²) in [7, 11) is 0. The van der Waals surface area contributed by atoms with Crippen LogP contribution in [0.3, 0.4) is 0 Å². The molecule has 0 aliphatic carbocycles. The molecule has 2 aromatic heterocycles. The normalized spacial score (nSPS) is 11.1. The van der Waals surface area contributed by atoms with E-state index in [1.54, 1.807) is 0 Å². The minimum absolute atomic E-state index is 0.669. The molecule has 0 aliphatic rings. The molecule has 0 spiro atoms. The lowest BCUT2D eigenvalue weighted by molar-refractivity contribution is 1.11. The number of nitrogen functional groups attached to an aromatic ring is 1. The van der Waals surface area contributed by atoms with E-state index in [-0.39, 0.29) is 0 Å². The maximum Gasteiger partial charge on any atom is 0.218 e. The van der Waals surface area contributed by atoms with Gasteiger partial charge in [0.25, 0.3) is 0 Å². The molecule has 4 nitrogen and oxygen atoms in total. The number of benzene rings is 1. The number of rotatable bonds is 1. The lowest BCUT2D eigenvalue weighted by Crippen LogP contribution is -1.93. The fraction of sp³-hybridized carbons (Fsp3) is 0. The largest absolute Gasteiger partial charge is 0.384 e. The van der Waals surface area contributed by atoms with Gasteiger partial charge in [-0.05, 0) is 12.1 Å². The molecule has 0 saturated carbocycles. The van der Waals surface area contributed by atoms with E-state index in [4.69, 9.17) is 5.73 Å². The number of fused-ring (bicyclic) bond motifs is 1. The van der Waals surface area contributed by atoms with E-state index in [0.29, 0.717) is 5.82 Å². The number of halogens is 1. The average molecular weight is 295 g/mol. The van der Waals surface area contributed by atoms with Gasteiger partial charge >= 0.3 is 0 Å². The molecule has 0 saturated heterocycles. The Morgan fingerprint density at radius 2 is 1.94 bits per heavy atom. The number of hydrogen-bond acceptors (Lipinski definition) is 4. The minimum atomic E-state index is 0.669. The first-order valence-electron chi connectivity index (χ1n) is 4.60. The zero-order valence-corrected chi connectivity index (χ0v) is 10.5. The Hall–Kier alpha value is -1.40. The summed E-state index contributed by atoms with van der Waals surface area (Å²) in [6.07, 6.45) is 0. The van der Waals surface area contributed by atoms with Crippen LogP contribution in [0.15, 0.2) is 34.1 Å². The minimum Gasteiger partial charge on any atom is -0.384 e. The van der Waals surface area contributed by atoms with Crippen molar-refractivity contribution < 1.29 is 0 Å². The van der Waals surface area contributed by atoms with Crippen molar-refractivity contribution in [3.8, 4) is 11.4 Å². The lowest BCUT2D eigenvalue weighted by Gasteiger charge is -1.99. The third-order valence-electron chi connectivity index (χ3n) is 2.28. The van der Waals surface area contributed by atoms with Gasteiger partial charge in [0.05, 0.1) is 0 Å². The molecule has 3 aromatic rings. The summed E-state index contributed by atoms with van der Waals surface area (Å²) in [5.74, 6) is 1.45. The van der Waals surface area contributed by atoms with E-state index in [9.17, 15) is 0 Å². The van der Waals surface area contributed by atoms with Crippen molar-refractivity contribution in [1.29, 1.82) is 0 Å². The van der Waals surface area contributed by atoms with E-state index >= 15 is 0 Å². The lowest BCUT2D eigenvalue weighted by atomic mass is 10.2. The van der Waals surface area contributed by atoms with Gasteiger partial charge in [0.2, 0.25) is 4.96 Å². The number of hydrogen-bond donors (Lipinski definition) is 1. The van der Waals surface area contributed by atoms with Crippen molar-refractivity contribution in [2.75, 3.05) is 5.73 Å². The van der Waals surface area contributed by atoms with Crippen LogP contribution in [0.1, 0.15) is 0 Å². The Kier molecular flexibility index (Phi) is 2.19. The van der Waals surface area contributed by atoms with Crippen molar-refractivity contribution in [3.05, 3.63) is 34.1 Å². The Labute approximate surface area is 104 Å². The predicted molar refractivity (Wildman–Crippen MR) is 68.4 cm³/mol. The van der Waals surface area contributed by atoms with Crippen LogP contribution in [0.2, 0.25) is 0 Å². The summed E-state index contributed by atoms with van der Waals surface area (Å²) in [6, 6.07) is 7.91. The fourth-order valence-electron chi connectivity index (χ4n) is 1.53. The summed E-state index contributed by atoms with van der Waals surface area (Å²) in [4.78, 5) is 0.815. The molecule has 2 heterocycles. The molecule has 0 bridgehead atoms. The highest BCUT2D eigenvalue weighted by atomic mass is 79.9. The Balaban J connectivity index is 2.25. The maximum absolute atomic E-state index is 5.87. The average Bonchev–Trinajstić information content (AvgIpc) is 2.84. The highest BCUT2D eigenvalue weighted by Gasteiger charge is 2.11. The quantitative estimate of drug-likeness (QED) is 0.751. The SMILES string of the molecule is Nc1csc2nnc(-c3ccc(Br)cc3)n12. The third kappa shape index (κ3) is 1.42. The van der Waals surface area contributed by atoms with Gasteiger partial charge in [0, 0.05) is 15.4 Å². The number of anilines is 1. The van der Waals surface area contributed by atoms with Gasteiger partial charge in [0.1, 0.15) is 5.82 Å². The Bertz CT molecular complexity index is 640. The molecule has 6 heteroatoms. The summed E-state index contributed by atoms with van der Waals surface area (Å²) >= 11 is 4.89. The van der Waals surface area contributed by atoms with E-state index in [1.165, 1.54) is 11.3 Å². The van der Waals surface area contributed by atoms with Crippen molar-refractivity contribution in [1.82, 2.24) is 14.6 Å². The first-order valence-corrected chi connectivity index (χ1v) is 6.27. The number of aromatic nitrogens is 3. The number of nitrogens with zero attached hydrogens (tertiary/aromatic N) is 3. The number of thiazole rings is 1. The zero-order valence-electron chi connectivity index (χ0n) is 8.09. The van der Waals surface area contributed by atoms with Crippen LogP contribution >= 0.6 is 27.3 Å². The second kappa shape index (κ2) is 3.57. The summed E-state index contributed by atoms with van der Waals surface area (Å²) in [6.45, 7) is 0. The van der Waals surface area contributed by atoms with Gasteiger partial charge in [-0.3, -0.25) is 4.40 Å². The fourth-order valence-corrected chi connectivity index (χ4v) is 2.51. The smallest absolute Gasteiger partial charge is 0.218 e. The van der Waals surface area contributed by atoms with Gasteiger partial charge in [-0.1, -0.05) is 28.1 Å². The first kappa shape index (κ1) is 9.80. The second-order valence-electron chi connectivity index (χ2n) is 3.31. The van der Waals surface area contributed by atoms with Gasteiger partial charge in [-0.15, -0.1) is 21.5 Å². The molecule has 3 rings (SSSR count). The van der Waals surface area contributed by atoms with Gasteiger partial charge < -0.3 is 5.73 Å². The monoisotopic (exact) mass is 294 g/mol. The summed E-state index contributed by atoms with van der Waals surface area (Å²) < 4.78 is 2.89. The van der Waals surface area contributed by atoms with Crippen LogP contribution in [0.4, 0.5) is 5.82 Å². The highest BCUT2D eigenvalue weighted by Crippen LogP contribution is 2.25. The Morgan fingerprint density at radius 1 is 1.19 bits per heavy atom. The zero-order chi connectivity index (χ0) is 11.1. The molecule has 0 radical (unpaired) electrons. The van der Waals surface area contributed by atoms with E-state index in [2.05, 4.69) is 26.1 Å². The molecule has 0 unspecified atom stereocenters. The summed E-state index contributed by atoms with van der Waals surface area (Å²) in [5, 5.41) is 10.1. The van der Waals surface area contributed by atoms with Gasteiger partial charge in [-0.2, -0.15) is 0 Å². The van der Waals surface area contributed by atoms with Crippen LogP contribution < -0.4 is 5.73 Å². The molecular formula is C10H7BrN4S. The molecule has 0 fully saturated rings. The van der Waals surface area contributed by atoms with Gasteiger partial charge in [-0.25, -0.2) is 0 Å². The van der Waals surface area contributed by atoms with Crippen LogP contribution in [0, 0.1) is 0 Å². The van der Waals surface area contributed by atoms with E-state index in [1.807, 2.05) is 34.0 Å². The number of nitrogens with two attached hydrogens (primary N) is 1. The van der Waals surface area contributed by atoms with Crippen LogP contribution in [0.25, 0.3) is 16.3 Å². The molecular weight excluding hydrogens is 288 g/mol. The van der Waals surface area contributed by atoms with Crippen molar-refractivity contribution in [2.45, 2.75) is 0 Å². The molecule has 0 aliphatic heterocycles. The highest BCUT2D eigenvalue weighted by molar-refractivity contribution is 9.10. The van der Waals surface area contributed by atoms with E-state index in [0.717, 1.165) is 20.8 Å². The molecule has 2 N–H and O–H groups in total. The molecule has 16 heavy (non-hydrogen) atoms. The van der Waals surface area contributed by atoms with Crippen LogP contribution in [-0.2, 0) is 0 Å². The van der Waals surface area contributed by atoms with Crippen molar-refractivity contribution >= 4 is 38.0 Å². The second-order valence-corrected chi connectivity index (χ2v) is 5.06. The molecule has 1 aromatic carbocycles. The van der Waals surface area contributed by atoms with Crippen molar-refractivity contribution in [2.24, 2.45) is 0 Å². The standard InChI is InChI=1S/C10H7BrN4S/c11-7-3-1-6(2-4-7)9-13-14-10-15(9)8(12)5-16-10/h1-5H,12H2. The molecule has 0 atom stereocenters. The van der Waals surface area contributed by atoms with E-state index < -0.39 is 0 Å². The van der Waals surface area contributed by atoms with Crippen LogP contribution in [0.5, 0.6) is 0 Å². The van der Waals surface area contributed by atoms with Crippen molar-refractivity contribution in [3.63, 3.8) is 0 Å². The van der Waals surface area contributed by atoms with Gasteiger partial charge in [0.15, 0.2) is 5.82 Å². The van der Waals surface area contributed by atoms with Crippen LogP contribution in [-0.4, -0.2) is 14.6 Å². The third-order valence-corrected chi connectivity index (χ3v) is 3.64. The molecule has 80 valence electrons. The summed E-state index contributed by atoms with van der Waals surface area (Å²) in [5.41, 5.74) is 6.87. The predicted octanol–water partition coefficient (Wildman–Crippen LogP) is 2.80. The topological polar surface area (TPSA) is 56.2 Å². The first-order chi connectivity index (χ1) is 7.75. The molecule has 0 amide bonds.